The fraction of sp³-hybridized carbons (Fsp3) is 0.500. The summed E-state index contributed by atoms with van der Waals surface area (Å²) in [5, 5.41) is 11.3. The molecule has 2 rings (SSSR count). The minimum absolute atomic E-state index is 0.0129. The standard InChI is InChI=1S/C12H15BN2O3S/c1-9-7-10-3-2-4-11(13(17-9)18-10)15-12(16)8-19-6-5-14/h2-3,10-11H,1,4,6-8H2,(H,15,16)/t10-,11+/m1/s1. The molecule has 100 valence electrons. The number of carbonyl (C=O) groups is 1. The van der Waals surface area contributed by atoms with Gasteiger partial charge in [-0.1, -0.05) is 18.7 Å². The van der Waals surface area contributed by atoms with Crippen LogP contribution in [-0.2, 0) is 14.1 Å². The topological polar surface area (TPSA) is 71.4 Å². The minimum atomic E-state index is -0.480. The Morgan fingerprint density at radius 1 is 1.74 bits per heavy atom. The molecule has 2 atom stereocenters. The molecule has 0 radical (unpaired) electrons. The monoisotopic (exact) mass is 278 g/mol. The van der Waals surface area contributed by atoms with Crippen molar-refractivity contribution in [2.24, 2.45) is 0 Å². The lowest BCUT2D eigenvalue weighted by atomic mass is 9.75. The first-order chi connectivity index (χ1) is 9.19. The van der Waals surface area contributed by atoms with Gasteiger partial charge in [-0.05, 0) is 6.42 Å². The van der Waals surface area contributed by atoms with Gasteiger partial charge in [0.05, 0.1) is 35.4 Å². The largest absolute Gasteiger partial charge is 0.549 e. The van der Waals surface area contributed by atoms with Crippen LogP contribution in [0.1, 0.15) is 12.8 Å². The lowest BCUT2D eigenvalue weighted by molar-refractivity contribution is -0.119. The molecule has 1 saturated heterocycles. The van der Waals surface area contributed by atoms with E-state index in [-0.39, 0.29) is 23.7 Å². The highest BCUT2D eigenvalue weighted by Crippen LogP contribution is 2.24. The third-order valence-corrected chi connectivity index (χ3v) is 3.64. The molecule has 0 aromatic heterocycles. The molecule has 1 amide bonds. The summed E-state index contributed by atoms with van der Waals surface area (Å²) in [5.41, 5.74) is 0. The summed E-state index contributed by atoms with van der Waals surface area (Å²) >= 11 is 1.29. The number of rotatable bonds is 4. The van der Waals surface area contributed by atoms with E-state index in [0.717, 1.165) is 0 Å². The lowest BCUT2D eigenvalue weighted by Gasteiger charge is -2.30. The van der Waals surface area contributed by atoms with Crippen molar-refractivity contribution in [1.82, 2.24) is 5.32 Å². The molecule has 5 nitrogen and oxygen atoms in total. The molecule has 0 aromatic carbocycles. The molecule has 1 N–H and O–H groups in total. The van der Waals surface area contributed by atoms with Crippen molar-refractivity contribution >= 4 is 24.8 Å². The Morgan fingerprint density at radius 2 is 2.58 bits per heavy atom. The van der Waals surface area contributed by atoms with E-state index in [9.17, 15) is 4.79 Å². The van der Waals surface area contributed by atoms with Gasteiger partial charge in [-0.3, -0.25) is 4.79 Å². The van der Waals surface area contributed by atoms with Crippen molar-refractivity contribution in [1.29, 1.82) is 5.26 Å². The first-order valence-corrected chi connectivity index (χ1v) is 7.25. The molecule has 1 fully saturated rings. The zero-order valence-electron chi connectivity index (χ0n) is 10.5. The first kappa shape index (κ1) is 14.0. The molecule has 0 unspecified atom stereocenters. The molecule has 2 aliphatic rings. The van der Waals surface area contributed by atoms with Crippen LogP contribution >= 0.6 is 11.8 Å². The Morgan fingerprint density at radius 3 is 3.37 bits per heavy atom. The number of carbonyl (C=O) groups excluding carboxylic acids is 1. The predicted octanol–water partition coefficient (Wildman–Crippen LogP) is 1.03. The third kappa shape index (κ3) is 4.05. The maximum absolute atomic E-state index is 11.7. The summed E-state index contributed by atoms with van der Waals surface area (Å²) < 4.78 is 11.3. The molecule has 0 saturated carbocycles. The second kappa shape index (κ2) is 6.69. The summed E-state index contributed by atoms with van der Waals surface area (Å²) in [4.78, 5) is 11.7. The van der Waals surface area contributed by atoms with Gasteiger partial charge in [0.25, 0.3) is 0 Å². The van der Waals surface area contributed by atoms with Crippen LogP contribution in [0.4, 0.5) is 0 Å². The molecule has 0 spiro atoms. The summed E-state index contributed by atoms with van der Waals surface area (Å²) in [6, 6.07) is 1.99. The Labute approximate surface area is 117 Å². The Bertz CT molecular complexity index is 435. The summed E-state index contributed by atoms with van der Waals surface area (Å²) in [6.07, 6.45) is 5.30. The lowest BCUT2D eigenvalue weighted by Crippen LogP contribution is -2.51. The van der Waals surface area contributed by atoms with Crippen molar-refractivity contribution in [3.05, 3.63) is 24.5 Å². The zero-order chi connectivity index (χ0) is 13.7. The molecule has 2 bridgehead atoms. The Balaban J connectivity index is 1.89. The van der Waals surface area contributed by atoms with E-state index in [2.05, 4.69) is 11.9 Å². The van der Waals surface area contributed by atoms with Crippen LogP contribution in [0.25, 0.3) is 0 Å². The molecule has 7 heteroatoms. The Hall–Kier alpha value is -1.39. The maximum atomic E-state index is 11.7. The average molecular weight is 278 g/mol. The van der Waals surface area contributed by atoms with Crippen LogP contribution in [0.5, 0.6) is 0 Å². The van der Waals surface area contributed by atoms with Crippen LogP contribution < -0.4 is 5.32 Å². The van der Waals surface area contributed by atoms with Crippen molar-refractivity contribution < 1.29 is 14.1 Å². The molecule has 0 aromatic rings. The number of nitrogens with zero attached hydrogens (tertiary/aromatic N) is 1. The molecule has 19 heavy (non-hydrogen) atoms. The summed E-state index contributed by atoms with van der Waals surface area (Å²) in [7, 11) is -0.480. The van der Waals surface area contributed by atoms with Gasteiger partial charge >= 0.3 is 7.12 Å². The number of fused-ring (bicyclic) bond motifs is 2. The minimum Gasteiger partial charge on any atom is -0.538 e. The van der Waals surface area contributed by atoms with Crippen LogP contribution in [0, 0.1) is 11.3 Å². The highest BCUT2D eigenvalue weighted by atomic mass is 32.2. The van der Waals surface area contributed by atoms with Crippen LogP contribution in [0.2, 0.25) is 0 Å². The van der Waals surface area contributed by atoms with Crippen LogP contribution in [-0.4, -0.2) is 36.6 Å². The highest BCUT2D eigenvalue weighted by Gasteiger charge is 2.40. The SMILES string of the molecule is C=C1C[C@H]2C=CC[C@H](NC(=O)CSCC#N)B(O1)O2. The second-order valence-corrected chi connectivity index (χ2v) is 5.38. The normalized spacial score (nSPS) is 25.2. The predicted molar refractivity (Wildman–Crippen MR) is 74.1 cm³/mol. The van der Waals surface area contributed by atoms with Gasteiger partial charge in [0.15, 0.2) is 0 Å². The fourth-order valence-corrected chi connectivity index (χ4v) is 2.49. The number of hydrogen-bond acceptors (Lipinski definition) is 5. The van der Waals surface area contributed by atoms with E-state index in [1.165, 1.54) is 11.8 Å². The second-order valence-electron chi connectivity index (χ2n) is 4.39. The maximum Gasteiger partial charge on any atom is 0.549 e. The van der Waals surface area contributed by atoms with Gasteiger partial charge in [-0.2, -0.15) is 5.26 Å². The molecule has 2 heterocycles. The van der Waals surface area contributed by atoms with Gasteiger partial charge in [-0.25, -0.2) is 0 Å². The molecular formula is C12H15BN2O3S. The van der Waals surface area contributed by atoms with E-state index >= 15 is 0 Å². The van der Waals surface area contributed by atoms with E-state index < -0.39 is 7.12 Å². The van der Waals surface area contributed by atoms with Gasteiger partial charge in [0.1, 0.15) is 0 Å². The van der Waals surface area contributed by atoms with Crippen molar-refractivity contribution in [3.8, 4) is 6.07 Å². The molecular weight excluding hydrogens is 263 g/mol. The van der Waals surface area contributed by atoms with Gasteiger partial charge in [0.2, 0.25) is 5.91 Å². The molecule has 2 aliphatic heterocycles. The Kier molecular flexibility index (Phi) is 4.94. The zero-order valence-corrected chi connectivity index (χ0v) is 11.3. The van der Waals surface area contributed by atoms with Gasteiger partial charge in [0, 0.05) is 6.42 Å². The highest BCUT2D eigenvalue weighted by molar-refractivity contribution is 8.00. The fourth-order valence-electron chi connectivity index (χ4n) is 2.03. The number of hydrogen-bond donors (Lipinski definition) is 1. The van der Waals surface area contributed by atoms with Crippen molar-refractivity contribution in [2.75, 3.05) is 11.5 Å². The summed E-state index contributed by atoms with van der Waals surface area (Å²) in [6.45, 7) is 3.82. The smallest absolute Gasteiger partial charge is 0.538 e. The van der Waals surface area contributed by atoms with E-state index in [0.29, 0.717) is 24.4 Å². The number of amides is 1. The number of nitrogens with one attached hydrogen (secondary N) is 1. The number of nitriles is 1. The quantitative estimate of drug-likeness (QED) is 0.472. The van der Waals surface area contributed by atoms with E-state index in [4.69, 9.17) is 14.6 Å². The van der Waals surface area contributed by atoms with Gasteiger partial charge in [-0.15, -0.1) is 11.8 Å². The van der Waals surface area contributed by atoms with Crippen molar-refractivity contribution in [2.45, 2.75) is 24.9 Å². The third-order valence-electron chi connectivity index (χ3n) is 2.84. The van der Waals surface area contributed by atoms with E-state index in [1.54, 1.807) is 0 Å². The average Bonchev–Trinajstić information content (AvgIpc) is 2.49. The van der Waals surface area contributed by atoms with Crippen LogP contribution in [0.15, 0.2) is 24.5 Å². The summed E-state index contributed by atoms with van der Waals surface area (Å²) in [5.74, 6) is 0.943. The van der Waals surface area contributed by atoms with Gasteiger partial charge < -0.3 is 14.6 Å². The first-order valence-electron chi connectivity index (χ1n) is 6.09. The van der Waals surface area contributed by atoms with Crippen LogP contribution in [0.3, 0.4) is 0 Å². The number of thioether (sulfide) groups is 1. The molecule has 0 aliphatic carbocycles. The van der Waals surface area contributed by atoms with Crippen molar-refractivity contribution in [3.63, 3.8) is 0 Å². The van der Waals surface area contributed by atoms with E-state index in [1.807, 2.05) is 18.2 Å².